The molecule has 0 saturated heterocycles. The molecule has 0 atom stereocenters. The summed E-state index contributed by atoms with van der Waals surface area (Å²) in [5, 5.41) is 10.4. The smallest absolute Gasteiger partial charge is 0.195 e. The Morgan fingerprint density at radius 3 is 2.68 bits per heavy atom. The predicted molar refractivity (Wildman–Crippen MR) is 107 cm³/mol. The van der Waals surface area contributed by atoms with Gasteiger partial charge in [0, 0.05) is 29.8 Å². The van der Waals surface area contributed by atoms with E-state index < -0.39 is 0 Å². The second kappa shape index (κ2) is 7.12. The largest absolute Gasteiger partial charge is 0.508 e. The topological polar surface area (TPSA) is 83.0 Å². The van der Waals surface area contributed by atoms with Gasteiger partial charge in [0.25, 0.3) is 0 Å². The minimum absolute atomic E-state index is 0.0426. The molecule has 0 bridgehead atoms. The van der Waals surface area contributed by atoms with E-state index in [-0.39, 0.29) is 17.3 Å². The summed E-state index contributed by atoms with van der Waals surface area (Å²) in [6.07, 6.45) is 3.70. The predicted octanol–water partition coefficient (Wildman–Crippen LogP) is 4.30. The number of nitrogens with one attached hydrogen (secondary N) is 1. The Kier molecular flexibility index (Phi) is 4.49. The van der Waals surface area contributed by atoms with Crippen molar-refractivity contribution < 1.29 is 14.7 Å². The number of ketones is 2. The van der Waals surface area contributed by atoms with Gasteiger partial charge < -0.3 is 10.1 Å². The molecule has 28 heavy (non-hydrogen) atoms. The van der Waals surface area contributed by atoms with E-state index in [1.165, 1.54) is 12.1 Å². The maximum Gasteiger partial charge on any atom is 0.195 e. The Hall–Kier alpha value is -3.73. The monoisotopic (exact) mass is 370 g/mol. The molecule has 2 aromatic carbocycles. The van der Waals surface area contributed by atoms with Gasteiger partial charge in [0.15, 0.2) is 5.78 Å². The molecule has 138 valence electrons. The van der Waals surface area contributed by atoms with Gasteiger partial charge in [0.1, 0.15) is 17.2 Å². The van der Waals surface area contributed by atoms with Gasteiger partial charge in [0.2, 0.25) is 0 Å². The van der Waals surface area contributed by atoms with Crippen LogP contribution in [0.25, 0.3) is 22.2 Å². The zero-order valence-electron chi connectivity index (χ0n) is 15.3. The van der Waals surface area contributed by atoms with E-state index >= 15 is 0 Å². The molecule has 0 fully saturated rings. The lowest BCUT2D eigenvalue weighted by molar-refractivity contribution is -0.116. The number of benzene rings is 2. The number of hydrogen-bond donors (Lipinski definition) is 2. The van der Waals surface area contributed by atoms with Gasteiger partial charge in [-0.05, 0) is 41.8 Å². The Bertz CT molecular complexity index is 1210. The fourth-order valence-electron chi connectivity index (χ4n) is 3.42. The van der Waals surface area contributed by atoms with E-state index in [0.717, 1.165) is 22.1 Å². The van der Waals surface area contributed by atoms with Crippen molar-refractivity contribution in [3.05, 3.63) is 83.7 Å². The lowest BCUT2D eigenvalue weighted by Crippen LogP contribution is -2.01. The summed E-state index contributed by atoms with van der Waals surface area (Å²) >= 11 is 0. The summed E-state index contributed by atoms with van der Waals surface area (Å²) in [6, 6.07) is 15.9. The van der Waals surface area contributed by atoms with Gasteiger partial charge in [-0.3, -0.25) is 9.59 Å². The number of carbonyl (C=O) groups is 2. The molecule has 0 saturated carbocycles. The number of H-pyrrole nitrogens is 1. The van der Waals surface area contributed by atoms with Crippen LogP contribution >= 0.6 is 0 Å². The molecule has 2 aromatic heterocycles. The average molecular weight is 370 g/mol. The molecule has 0 amide bonds. The summed E-state index contributed by atoms with van der Waals surface area (Å²) in [5.74, 6) is -0.0595. The number of nitrogens with zero attached hydrogens (tertiary/aromatic N) is 1. The van der Waals surface area contributed by atoms with Gasteiger partial charge in [0.05, 0.1) is 5.56 Å². The average Bonchev–Trinajstić information content (AvgIpc) is 3.11. The Morgan fingerprint density at radius 2 is 1.89 bits per heavy atom. The highest BCUT2D eigenvalue weighted by Crippen LogP contribution is 2.32. The van der Waals surface area contributed by atoms with Crippen LogP contribution in [0.15, 0.2) is 67.0 Å². The number of hydrogen-bond acceptors (Lipinski definition) is 4. The molecule has 0 spiro atoms. The van der Waals surface area contributed by atoms with Crippen LogP contribution in [-0.2, 0) is 11.2 Å². The molecular weight excluding hydrogens is 352 g/mol. The summed E-state index contributed by atoms with van der Waals surface area (Å²) in [6.45, 7) is 1.56. The van der Waals surface area contributed by atoms with Crippen molar-refractivity contribution in [3.8, 4) is 16.9 Å². The number of carbonyl (C=O) groups excluding carboxylic acids is 2. The Labute approximate surface area is 161 Å². The number of fused-ring (bicyclic) bond motifs is 1. The standard InChI is InChI=1S/C23H18N2O3/c1-14(26)10-15-4-2-5-16(11-15)19-8-9-24-23-21(19)20(13-25-23)22(28)17-6-3-7-18(27)12-17/h2-9,11-13,27H,10H2,1H3,(H,24,25). The molecule has 0 radical (unpaired) electrons. The van der Waals surface area contributed by atoms with Gasteiger partial charge in [-0.2, -0.15) is 0 Å². The van der Waals surface area contributed by atoms with Crippen LogP contribution in [0.3, 0.4) is 0 Å². The highest BCUT2D eigenvalue weighted by atomic mass is 16.3. The molecule has 4 rings (SSSR count). The zero-order valence-corrected chi connectivity index (χ0v) is 15.3. The maximum atomic E-state index is 13.1. The number of aromatic amines is 1. The minimum Gasteiger partial charge on any atom is -0.508 e. The molecule has 0 unspecified atom stereocenters. The number of aromatic hydroxyl groups is 1. The van der Waals surface area contributed by atoms with E-state index in [9.17, 15) is 14.7 Å². The van der Waals surface area contributed by atoms with Crippen LogP contribution in [0.5, 0.6) is 5.75 Å². The van der Waals surface area contributed by atoms with E-state index in [4.69, 9.17) is 0 Å². The first-order chi connectivity index (χ1) is 13.5. The molecule has 0 aliphatic rings. The number of Topliss-reactive ketones (excluding diaryl/α,β-unsaturated/α-hetero) is 1. The third kappa shape index (κ3) is 3.30. The SMILES string of the molecule is CC(=O)Cc1cccc(-c2ccnc3[nH]cc(C(=O)c4cccc(O)c4)c23)c1. The van der Waals surface area contributed by atoms with E-state index in [0.29, 0.717) is 23.2 Å². The summed E-state index contributed by atoms with van der Waals surface area (Å²) in [5.41, 5.74) is 4.20. The quantitative estimate of drug-likeness (QED) is 0.513. The number of rotatable bonds is 5. The molecule has 4 aromatic rings. The zero-order chi connectivity index (χ0) is 19.7. The molecule has 0 aliphatic heterocycles. The highest BCUT2D eigenvalue weighted by molar-refractivity contribution is 6.18. The first-order valence-electron chi connectivity index (χ1n) is 8.91. The lowest BCUT2D eigenvalue weighted by Gasteiger charge is -2.08. The van der Waals surface area contributed by atoms with Gasteiger partial charge in [-0.25, -0.2) is 4.98 Å². The van der Waals surface area contributed by atoms with Crippen molar-refractivity contribution in [1.82, 2.24) is 9.97 Å². The summed E-state index contributed by atoms with van der Waals surface area (Å²) in [7, 11) is 0. The second-order valence-electron chi connectivity index (χ2n) is 6.74. The summed E-state index contributed by atoms with van der Waals surface area (Å²) in [4.78, 5) is 31.9. The first kappa shape index (κ1) is 17.7. The lowest BCUT2D eigenvalue weighted by atomic mass is 9.95. The van der Waals surface area contributed by atoms with Gasteiger partial charge >= 0.3 is 0 Å². The van der Waals surface area contributed by atoms with Gasteiger partial charge in [-0.15, -0.1) is 0 Å². The number of phenolic OH excluding ortho intramolecular Hbond substituents is 1. The van der Waals surface area contributed by atoms with Crippen molar-refractivity contribution in [1.29, 1.82) is 0 Å². The Balaban J connectivity index is 1.86. The molecular formula is C23H18N2O3. The fraction of sp³-hybridized carbons (Fsp3) is 0.0870. The maximum absolute atomic E-state index is 13.1. The third-order valence-corrected chi connectivity index (χ3v) is 4.62. The van der Waals surface area contributed by atoms with Crippen LogP contribution in [0.2, 0.25) is 0 Å². The Morgan fingerprint density at radius 1 is 1.07 bits per heavy atom. The van der Waals surface area contributed by atoms with Crippen LogP contribution in [0.1, 0.15) is 28.4 Å². The van der Waals surface area contributed by atoms with Crippen LogP contribution in [-0.4, -0.2) is 26.6 Å². The van der Waals surface area contributed by atoms with Crippen molar-refractivity contribution in [2.45, 2.75) is 13.3 Å². The minimum atomic E-state index is -0.198. The molecule has 5 heteroatoms. The van der Waals surface area contributed by atoms with E-state index in [1.807, 2.05) is 30.3 Å². The van der Waals surface area contributed by atoms with E-state index in [1.54, 1.807) is 31.5 Å². The van der Waals surface area contributed by atoms with Crippen LogP contribution in [0, 0.1) is 0 Å². The van der Waals surface area contributed by atoms with Crippen molar-refractivity contribution in [3.63, 3.8) is 0 Å². The highest BCUT2D eigenvalue weighted by Gasteiger charge is 2.18. The van der Waals surface area contributed by atoms with Crippen molar-refractivity contribution >= 4 is 22.6 Å². The molecule has 5 nitrogen and oxygen atoms in total. The number of aromatic nitrogens is 2. The van der Waals surface area contributed by atoms with Crippen molar-refractivity contribution in [2.75, 3.05) is 0 Å². The first-order valence-corrected chi connectivity index (χ1v) is 8.91. The second-order valence-corrected chi connectivity index (χ2v) is 6.74. The number of pyridine rings is 1. The summed E-state index contributed by atoms with van der Waals surface area (Å²) < 4.78 is 0. The number of phenols is 1. The fourth-order valence-corrected chi connectivity index (χ4v) is 3.42. The molecule has 2 heterocycles. The van der Waals surface area contributed by atoms with Gasteiger partial charge in [-0.1, -0.05) is 36.4 Å². The normalized spacial score (nSPS) is 10.9. The van der Waals surface area contributed by atoms with Crippen molar-refractivity contribution in [2.24, 2.45) is 0 Å². The van der Waals surface area contributed by atoms with Crippen LogP contribution in [0.4, 0.5) is 0 Å². The van der Waals surface area contributed by atoms with E-state index in [2.05, 4.69) is 9.97 Å². The molecule has 0 aliphatic carbocycles. The van der Waals surface area contributed by atoms with Crippen LogP contribution < -0.4 is 0 Å². The third-order valence-electron chi connectivity index (χ3n) is 4.62. The molecule has 2 N–H and O–H groups in total.